The monoisotopic (exact) mass is 225 g/mol. The SMILES string of the molecule is O=C(C=Cc1cccc(Cl)c1)NCCO. The number of benzene rings is 1. The molecule has 0 bridgehead atoms. The molecule has 1 aromatic rings. The first-order chi connectivity index (χ1) is 7.22. The van der Waals surface area contributed by atoms with Crippen molar-refractivity contribution in [3.8, 4) is 0 Å². The maximum absolute atomic E-state index is 11.1. The van der Waals surface area contributed by atoms with Gasteiger partial charge in [-0.25, -0.2) is 0 Å². The van der Waals surface area contributed by atoms with Crippen LogP contribution in [0.5, 0.6) is 0 Å². The zero-order chi connectivity index (χ0) is 11.1. The first-order valence-electron chi connectivity index (χ1n) is 4.54. The van der Waals surface area contributed by atoms with Crippen molar-refractivity contribution < 1.29 is 9.90 Å². The molecule has 80 valence electrons. The van der Waals surface area contributed by atoms with Crippen LogP contribution in [0.2, 0.25) is 5.02 Å². The smallest absolute Gasteiger partial charge is 0.244 e. The van der Waals surface area contributed by atoms with Crippen LogP contribution >= 0.6 is 11.6 Å². The fraction of sp³-hybridized carbons (Fsp3) is 0.182. The van der Waals surface area contributed by atoms with Gasteiger partial charge in [0.05, 0.1) is 6.61 Å². The van der Waals surface area contributed by atoms with Crippen LogP contribution in [-0.2, 0) is 4.79 Å². The van der Waals surface area contributed by atoms with Gasteiger partial charge in [-0.15, -0.1) is 0 Å². The van der Waals surface area contributed by atoms with Crippen molar-refractivity contribution in [2.24, 2.45) is 0 Å². The molecule has 0 atom stereocenters. The second-order valence-electron chi connectivity index (χ2n) is 2.90. The van der Waals surface area contributed by atoms with E-state index in [2.05, 4.69) is 5.32 Å². The molecule has 1 rings (SSSR count). The number of rotatable bonds is 4. The first-order valence-corrected chi connectivity index (χ1v) is 4.92. The fourth-order valence-electron chi connectivity index (χ4n) is 1.02. The molecule has 0 aliphatic carbocycles. The number of aliphatic hydroxyl groups is 1. The lowest BCUT2D eigenvalue weighted by Gasteiger charge is -1.97. The van der Waals surface area contributed by atoms with Crippen LogP contribution in [0.3, 0.4) is 0 Å². The lowest BCUT2D eigenvalue weighted by atomic mass is 10.2. The summed E-state index contributed by atoms with van der Waals surface area (Å²) in [5, 5.41) is 11.6. The molecule has 4 heteroatoms. The summed E-state index contributed by atoms with van der Waals surface area (Å²) in [6, 6.07) is 7.19. The summed E-state index contributed by atoms with van der Waals surface area (Å²) in [5.74, 6) is -0.232. The third-order valence-corrected chi connectivity index (χ3v) is 1.92. The lowest BCUT2D eigenvalue weighted by Crippen LogP contribution is -2.24. The predicted molar refractivity (Wildman–Crippen MR) is 60.6 cm³/mol. The highest BCUT2D eigenvalue weighted by Crippen LogP contribution is 2.11. The van der Waals surface area contributed by atoms with Crippen molar-refractivity contribution in [1.29, 1.82) is 0 Å². The number of halogens is 1. The Morgan fingerprint density at radius 1 is 1.53 bits per heavy atom. The minimum absolute atomic E-state index is 0.0588. The zero-order valence-corrected chi connectivity index (χ0v) is 8.87. The summed E-state index contributed by atoms with van der Waals surface area (Å²) < 4.78 is 0. The number of aliphatic hydroxyl groups excluding tert-OH is 1. The van der Waals surface area contributed by atoms with E-state index in [4.69, 9.17) is 16.7 Å². The molecule has 0 aliphatic rings. The van der Waals surface area contributed by atoms with Gasteiger partial charge in [-0.2, -0.15) is 0 Å². The summed E-state index contributed by atoms with van der Waals surface area (Å²) in [4.78, 5) is 11.1. The fourth-order valence-corrected chi connectivity index (χ4v) is 1.22. The highest BCUT2D eigenvalue weighted by atomic mass is 35.5. The van der Waals surface area contributed by atoms with Crippen molar-refractivity contribution in [2.45, 2.75) is 0 Å². The third-order valence-electron chi connectivity index (χ3n) is 1.69. The van der Waals surface area contributed by atoms with E-state index in [0.717, 1.165) is 5.56 Å². The average molecular weight is 226 g/mol. The third kappa shape index (κ3) is 4.63. The second-order valence-corrected chi connectivity index (χ2v) is 3.34. The molecule has 0 spiro atoms. The van der Waals surface area contributed by atoms with Gasteiger partial charge in [-0.05, 0) is 23.8 Å². The second kappa shape index (κ2) is 6.22. The van der Waals surface area contributed by atoms with Gasteiger partial charge in [0.15, 0.2) is 0 Å². The molecule has 1 aromatic carbocycles. The Balaban J connectivity index is 2.53. The van der Waals surface area contributed by atoms with E-state index < -0.39 is 0 Å². The molecule has 3 nitrogen and oxygen atoms in total. The van der Waals surface area contributed by atoms with Crippen molar-refractivity contribution in [3.63, 3.8) is 0 Å². The molecule has 0 aliphatic heterocycles. The van der Waals surface area contributed by atoms with Crippen LogP contribution in [0.4, 0.5) is 0 Å². The molecule has 0 heterocycles. The summed E-state index contributed by atoms with van der Waals surface area (Å²) in [5.41, 5.74) is 0.863. The van der Waals surface area contributed by atoms with Crippen molar-refractivity contribution in [2.75, 3.05) is 13.2 Å². The van der Waals surface area contributed by atoms with Gasteiger partial charge in [0.2, 0.25) is 5.91 Å². The normalized spacial score (nSPS) is 10.5. The van der Waals surface area contributed by atoms with Crippen LogP contribution < -0.4 is 5.32 Å². The van der Waals surface area contributed by atoms with Gasteiger partial charge in [0, 0.05) is 17.6 Å². The van der Waals surface area contributed by atoms with E-state index in [1.807, 2.05) is 12.1 Å². The van der Waals surface area contributed by atoms with Crippen molar-refractivity contribution in [1.82, 2.24) is 5.32 Å². The van der Waals surface area contributed by atoms with E-state index >= 15 is 0 Å². The van der Waals surface area contributed by atoms with Gasteiger partial charge < -0.3 is 10.4 Å². The van der Waals surface area contributed by atoms with Crippen LogP contribution in [-0.4, -0.2) is 24.2 Å². The van der Waals surface area contributed by atoms with Crippen LogP contribution in [0, 0.1) is 0 Å². The Morgan fingerprint density at radius 3 is 3.00 bits per heavy atom. The standard InChI is InChI=1S/C11H12ClNO2/c12-10-3-1-2-9(8-10)4-5-11(15)13-6-7-14/h1-5,8,14H,6-7H2,(H,13,15). The summed E-state index contributed by atoms with van der Waals surface area (Å²) in [6.07, 6.45) is 3.07. The van der Waals surface area contributed by atoms with Crippen LogP contribution in [0.15, 0.2) is 30.3 Å². The lowest BCUT2D eigenvalue weighted by molar-refractivity contribution is -0.116. The Hall–Kier alpha value is -1.32. The van der Waals surface area contributed by atoms with Crippen LogP contribution in [0.25, 0.3) is 6.08 Å². The number of hydrogen-bond donors (Lipinski definition) is 2. The Kier molecular flexibility index (Phi) is 4.87. The number of amides is 1. The van der Waals surface area contributed by atoms with Gasteiger partial charge in [-0.3, -0.25) is 4.79 Å². The number of nitrogens with one attached hydrogen (secondary N) is 1. The molecule has 0 unspecified atom stereocenters. The Bertz CT molecular complexity index is 363. The molecule has 0 aromatic heterocycles. The Morgan fingerprint density at radius 2 is 2.33 bits per heavy atom. The number of carbonyl (C=O) groups excluding carboxylic acids is 1. The highest BCUT2D eigenvalue weighted by molar-refractivity contribution is 6.30. The molecule has 0 saturated carbocycles. The minimum atomic E-state index is -0.232. The molecule has 15 heavy (non-hydrogen) atoms. The zero-order valence-electron chi connectivity index (χ0n) is 8.11. The summed E-state index contributed by atoms with van der Waals surface area (Å²) >= 11 is 5.78. The molecule has 1 amide bonds. The largest absolute Gasteiger partial charge is 0.395 e. The van der Waals surface area contributed by atoms with Crippen molar-refractivity contribution in [3.05, 3.63) is 40.9 Å². The minimum Gasteiger partial charge on any atom is -0.395 e. The molecule has 2 N–H and O–H groups in total. The highest BCUT2D eigenvalue weighted by Gasteiger charge is 1.93. The average Bonchev–Trinajstić information content (AvgIpc) is 2.23. The van der Waals surface area contributed by atoms with Gasteiger partial charge in [-0.1, -0.05) is 23.7 Å². The van der Waals surface area contributed by atoms with Crippen LogP contribution in [0.1, 0.15) is 5.56 Å². The summed E-state index contributed by atoms with van der Waals surface area (Å²) in [6.45, 7) is 0.204. The number of hydrogen-bond acceptors (Lipinski definition) is 2. The van der Waals surface area contributed by atoms with E-state index in [1.165, 1.54) is 6.08 Å². The first kappa shape index (κ1) is 11.8. The van der Waals surface area contributed by atoms with Gasteiger partial charge in [0.1, 0.15) is 0 Å². The van der Waals surface area contributed by atoms with Gasteiger partial charge >= 0.3 is 0 Å². The summed E-state index contributed by atoms with van der Waals surface area (Å²) in [7, 11) is 0. The van der Waals surface area contributed by atoms with E-state index in [1.54, 1.807) is 18.2 Å². The maximum Gasteiger partial charge on any atom is 0.244 e. The molecule has 0 fully saturated rings. The quantitative estimate of drug-likeness (QED) is 0.763. The molecular formula is C11H12ClNO2. The van der Waals surface area contributed by atoms with Gasteiger partial charge in [0.25, 0.3) is 0 Å². The molecular weight excluding hydrogens is 214 g/mol. The maximum atomic E-state index is 11.1. The van der Waals surface area contributed by atoms with Crippen molar-refractivity contribution >= 4 is 23.6 Å². The molecule has 0 saturated heterocycles. The van der Waals surface area contributed by atoms with E-state index in [-0.39, 0.29) is 19.1 Å². The molecule has 0 radical (unpaired) electrons. The van der Waals surface area contributed by atoms with E-state index in [0.29, 0.717) is 5.02 Å². The number of carbonyl (C=O) groups is 1. The Labute approximate surface area is 93.4 Å². The topological polar surface area (TPSA) is 49.3 Å². The predicted octanol–water partition coefficient (Wildman–Crippen LogP) is 1.46. The van der Waals surface area contributed by atoms with E-state index in [9.17, 15) is 4.79 Å².